The molecule has 51 heavy (non-hydrogen) atoms. The van der Waals surface area contributed by atoms with E-state index >= 15 is 4.39 Å². The fourth-order valence-corrected chi connectivity index (χ4v) is 9.06. The predicted octanol–water partition coefficient (Wildman–Crippen LogP) is 4.11. The standard InChI is InChI=1S/C34H32ClFN8O5S2/c1-49-40-28(24-17-51-34(38)39-24)27(45)13-20-31(46)44-29(33(47)48)19(16-50-32(20)44)14-42-9-4-5-25-26(42)6-10-43(25)15-21-22(35)11-18(12-23(21)36)30(37)41-7-2-3-8-41/h4-6,9-12,17,20,32,37H,2-3,7-8,13-16H2,1H3,(H2-,38,39,47,48)/p+1/b37-30?,40-28-/t20-,32-/m1/s1. The van der Waals surface area contributed by atoms with Crippen molar-refractivity contribution in [2.45, 2.75) is 37.7 Å². The number of nitrogens with one attached hydrogen (secondary N) is 1. The summed E-state index contributed by atoms with van der Waals surface area (Å²) in [5.74, 6) is -2.80. The second kappa shape index (κ2) is 14.1. The van der Waals surface area contributed by atoms with Gasteiger partial charge < -0.3 is 25.1 Å². The molecule has 3 aromatic heterocycles. The number of thioether (sulfide) groups is 1. The third-order valence-corrected chi connectivity index (χ3v) is 11.7. The van der Waals surface area contributed by atoms with Crippen molar-refractivity contribution in [3.05, 3.63) is 87.0 Å². The zero-order valence-electron chi connectivity index (χ0n) is 27.3. The fourth-order valence-electron chi connectivity index (χ4n) is 6.85. The average Bonchev–Trinajstić information content (AvgIpc) is 3.89. The number of rotatable bonds is 11. The second-order valence-corrected chi connectivity index (χ2v) is 14.8. The minimum absolute atomic E-state index is 0.0522. The largest absolute Gasteiger partial charge is 0.477 e. The second-order valence-electron chi connectivity index (χ2n) is 12.4. The lowest BCUT2D eigenvalue weighted by Crippen LogP contribution is -2.62. The number of nitrogens with zero attached hydrogens (tertiary/aromatic N) is 6. The van der Waals surface area contributed by atoms with Gasteiger partial charge in [-0.05, 0) is 31.0 Å². The number of nitrogen functional groups attached to an aromatic ring is 1. The van der Waals surface area contributed by atoms with E-state index in [2.05, 4.69) is 10.1 Å². The van der Waals surface area contributed by atoms with E-state index in [9.17, 15) is 19.5 Å². The SMILES string of the molecule is CO/N=C(\C(=O)C[C@@H]1C(=O)N2C(C(=O)O)=C(C[n+]3cccc4c3ccn4Cc3c(F)cc(C(=N)N4CCCC4)cc3Cl)CS[C@H]12)c1csc(N)n1. The van der Waals surface area contributed by atoms with Crippen LogP contribution in [0.1, 0.15) is 36.1 Å². The molecule has 2 saturated heterocycles. The third kappa shape index (κ3) is 6.47. The summed E-state index contributed by atoms with van der Waals surface area (Å²) in [7, 11) is 1.30. The normalized spacial score (nSPS) is 19.0. The first kappa shape index (κ1) is 34.6. The molecular formula is C34H33ClFN8O5S2+. The van der Waals surface area contributed by atoms with Gasteiger partial charge in [-0.15, -0.1) is 23.1 Å². The van der Waals surface area contributed by atoms with E-state index in [0.29, 0.717) is 22.5 Å². The first-order valence-corrected chi connectivity index (χ1v) is 18.4. The zero-order chi connectivity index (χ0) is 36.0. The lowest BCUT2D eigenvalue weighted by Gasteiger charge is -2.49. The molecule has 7 rings (SSSR count). The number of β-lactam (4-membered cyclic amide) rings is 1. The molecule has 4 aromatic rings. The van der Waals surface area contributed by atoms with E-state index in [-0.39, 0.29) is 52.6 Å². The molecule has 0 aliphatic carbocycles. The summed E-state index contributed by atoms with van der Waals surface area (Å²) in [6, 6.07) is 8.57. The number of anilines is 1. The van der Waals surface area contributed by atoms with E-state index < -0.39 is 34.8 Å². The van der Waals surface area contributed by atoms with Gasteiger partial charge in [0, 0.05) is 70.7 Å². The molecule has 2 atom stereocenters. The Morgan fingerprint density at radius 1 is 1.27 bits per heavy atom. The summed E-state index contributed by atoms with van der Waals surface area (Å²) in [6.45, 7) is 1.87. The molecule has 17 heteroatoms. The number of amidine groups is 1. The summed E-state index contributed by atoms with van der Waals surface area (Å²) in [5, 5.41) is 24.1. The van der Waals surface area contributed by atoms with Crippen LogP contribution < -0.4 is 10.3 Å². The molecular weight excluding hydrogens is 719 g/mol. The van der Waals surface area contributed by atoms with Crippen molar-refractivity contribution in [3.8, 4) is 0 Å². The van der Waals surface area contributed by atoms with Crippen LogP contribution in [0.25, 0.3) is 11.0 Å². The van der Waals surface area contributed by atoms with Gasteiger partial charge in [0.1, 0.15) is 35.7 Å². The fraction of sp³-hybridized carbons (Fsp3) is 0.324. The Morgan fingerprint density at radius 2 is 2.06 bits per heavy atom. The molecule has 0 spiro atoms. The van der Waals surface area contributed by atoms with Gasteiger partial charge in [-0.2, -0.15) is 4.57 Å². The number of hydrogen-bond donors (Lipinski definition) is 3. The number of hydrogen-bond acceptors (Lipinski definition) is 10. The third-order valence-electron chi connectivity index (χ3n) is 9.32. The highest BCUT2D eigenvalue weighted by atomic mass is 35.5. The Kier molecular flexibility index (Phi) is 9.56. The van der Waals surface area contributed by atoms with Crippen LogP contribution in [0.5, 0.6) is 0 Å². The number of halogens is 2. The molecule has 3 aliphatic heterocycles. The number of amides is 1. The van der Waals surface area contributed by atoms with Crippen LogP contribution >= 0.6 is 34.7 Å². The number of carboxylic acid groups (broad SMARTS) is 1. The number of fused-ring (bicyclic) bond motifs is 2. The minimum atomic E-state index is -1.23. The van der Waals surface area contributed by atoms with Crippen LogP contribution in [0.2, 0.25) is 5.02 Å². The summed E-state index contributed by atoms with van der Waals surface area (Å²) < 4.78 is 19.2. The molecule has 0 radical (unpaired) electrons. The van der Waals surface area contributed by atoms with Crippen molar-refractivity contribution in [2.24, 2.45) is 11.1 Å². The van der Waals surface area contributed by atoms with Crippen molar-refractivity contribution in [2.75, 3.05) is 31.7 Å². The number of pyridine rings is 1. The smallest absolute Gasteiger partial charge is 0.352 e. The number of thiazole rings is 1. The first-order valence-electron chi connectivity index (χ1n) is 16.1. The maximum absolute atomic E-state index is 15.5. The highest BCUT2D eigenvalue weighted by molar-refractivity contribution is 8.00. The molecule has 2 fully saturated rings. The van der Waals surface area contributed by atoms with Gasteiger partial charge in [-0.1, -0.05) is 16.8 Å². The number of carboxylic acids is 1. The van der Waals surface area contributed by atoms with Crippen molar-refractivity contribution < 1.29 is 33.3 Å². The van der Waals surface area contributed by atoms with Gasteiger partial charge >= 0.3 is 5.97 Å². The number of benzene rings is 1. The monoisotopic (exact) mass is 751 g/mol. The molecule has 0 saturated carbocycles. The molecule has 264 valence electrons. The highest BCUT2D eigenvalue weighted by Crippen LogP contribution is 2.45. The molecule has 6 heterocycles. The van der Waals surface area contributed by atoms with Crippen molar-refractivity contribution in [1.29, 1.82) is 5.41 Å². The topological polar surface area (TPSA) is 171 Å². The van der Waals surface area contributed by atoms with Gasteiger partial charge in [-0.3, -0.25) is 19.9 Å². The van der Waals surface area contributed by atoms with Crippen molar-refractivity contribution >= 4 is 80.1 Å². The van der Waals surface area contributed by atoms with Gasteiger partial charge in [0.2, 0.25) is 11.4 Å². The van der Waals surface area contributed by atoms with E-state index in [1.165, 1.54) is 29.8 Å². The number of Topliss-reactive ketones (excluding diaryl/α,β-unsaturated/α-hetero) is 1. The molecule has 13 nitrogen and oxygen atoms in total. The van der Waals surface area contributed by atoms with E-state index in [4.69, 9.17) is 27.6 Å². The number of likely N-dealkylation sites (tertiary alicyclic amines) is 1. The van der Waals surface area contributed by atoms with Crippen LogP contribution in [0.15, 0.2) is 64.5 Å². The van der Waals surface area contributed by atoms with E-state index in [0.717, 1.165) is 48.3 Å². The number of ketones is 1. The molecule has 3 aliphatic rings. The number of aliphatic carboxylic acids is 1. The van der Waals surface area contributed by atoms with Crippen LogP contribution in [0.4, 0.5) is 9.52 Å². The first-order chi connectivity index (χ1) is 24.5. The summed E-state index contributed by atoms with van der Waals surface area (Å²) in [5.41, 5.74) is 8.65. The number of carbonyl (C=O) groups is 3. The number of oxime groups is 1. The van der Waals surface area contributed by atoms with Gasteiger partial charge in [-0.25, -0.2) is 14.2 Å². The lowest BCUT2D eigenvalue weighted by atomic mass is 9.89. The molecule has 1 aromatic carbocycles. The minimum Gasteiger partial charge on any atom is -0.477 e. The maximum Gasteiger partial charge on any atom is 0.352 e. The maximum atomic E-state index is 15.5. The van der Waals surface area contributed by atoms with Gasteiger partial charge in [0.25, 0.3) is 0 Å². The number of carbonyl (C=O) groups excluding carboxylic acids is 2. The Labute approximate surface area is 304 Å². The molecule has 4 N–H and O–H groups in total. The van der Waals surface area contributed by atoms with Gasteiger partial charge in [0.15, 0.2) is 29.4 Å². The predicted molar refractivity (Wildman–Crippen MR) is 191 cm³/mol. The van der Waals surface area contributed by atoms with Gasteiger partial charge in [0.05, 0.1) is 17.8 Å². The molecule has 0 unspecified atom stereocenters. The summed E-state index contributed by atoms with van der Waals surface area (Å²) >= 11 is 9.13. The summed E-state index contributed by atoms with van der Waals surface area (Å²) in [6.07, 6.45) is 5.46. The van der Waals surface area contributed by atoms with E-state index in [1.54, 1.807) is 11.4 Å². The quantitative estimate of drug-likeness (QED) is 0.0671. The number of aromatic nitrogens is 3. The molecule has 1 amide bonds. The Bertz CT molecular complexity index is 2140. The van der Waals surface area contributed by atoms with Crippen molar-refractivity contribution in [1.82, 2.24) is 19.4 Å². The lowest BCUT2D eigenvalue weighted by molar-refractivity contribution is -0.663. The Balaban J connectivity index is 1.10. The average molecular weight is 752 g/mol. The van der Waals surface area contributed by atoms with Crippen LogP contribution in [-0.4, -0.2) is 85.0 Å². The van der Waals surface area contributed by atoms with E-state index in [1.807, 2.05) is 44.6 Å². The molecule has 0 bridgehead atoms. The van der Waals surface area contributed by atoms with Crippen LogP contribution in [0, 0.1) is 17.1 Å². The van der Waals surface area contributed by atoms with Crippen molar-refractivity contribution in [3.63, 3.8) is 0 Å². The Hall–Kier alpha value is -4.80. The van der Waals surface area contributed by atoms with Crippen LogP contribution in [0.3, 0.4) is 0 Å². The Morgan fingerprint density at radius 3 is 2.75 bits per heavy atom. The highest BCUT2D eigenvalue weighted by Gasteiger charge is 2.54. The summed E-state index contributed by atoms with van der Waals surface area (Å²) in [4.78, 5) is 51.4. The number of nitrogens with two attached hydrogens (primary N) is 1. The zero-order valence-corrected chi connectivity index (χ0v) is 29.7. The van der Waals surface area contributed by atoms with Crippen LogP contribution in [-0.2, 0) is 32.3 Å².